The maximum atomic E-state index is 11.9. The van der Waals surface area contributed by atoms with E-state index in [9.17, 15) is 4.39 Å². The Balaban J connectivity index is 2.39. The molecule has 0 unspecified atom stereocenters. The molecule has 0 saturated carbocycles. The standard InChI is InChI=1S/C10H19BFO2/c1-9(2)10(3,4)14-11(13-9)7-5-6-8-12/h7H,5-6,8H2,1-4H3. The molecule has 0 bridgehead atoms. The number of hydrogen-bond acceptors (Lipinski definition) is 2. The van der Waals surface area contributed by atoms with Crippen molar-refractivity contribution in [3.05, 3.63) is 6.32 Å². The first-order chi connectivity index (χ1) is 6.39. The van der Waals surface area contributed by atoms with Crippen molar-refractivity contribution < 1.29 is 13.7 Å². The SMILES string of the molecule is CC1(C)OB([CH]CCCF)OC1(C)C. The van der Waals surface area contributed by atoms with Gasteiger partial charge in [-0.2, -0.15) is 0 Å². The van der Waals surface area contributed by atoms with Crippen LogP contribution in [0.4, 0.5) is 4.39 Å². The second-order valence-electron chi connectivity index (χ2n) is 4.69. The van der Waals surface area contributed by atoms with Gasteiger partial charge in [-0.05, 0) is 46.9 Å². The summed E-state index contributed by atoms with van der Waals surface area (Å²) in [4.78, 5) is 0. The lowest BCUT2D eigenvalue weighted by Gasteiger charge is -2.32. The van der Waals surface area contributed by atoms with E-state index in [0.717, 1.165) is 0 Å². The lowest BCUT2D eigenvalue weighted by molar-refractivity contribution is 0.00578. The summed E-state index contributed by atoms with van der Waals surface area (Å²) < 4.78 is 23.3. The maximum absolute atomic E-state index is 11.9. The summed E-state index contributed by atoms with van der Waals surface area (Å²) >= 11 is 0. The van der Waals surface area contributed by atoms with Gasteiger partial charge < -0.3 is 9.31 Å². The van der Waals surface area contributed by atoms with E-state index in [2.05, 4.69) is 0 Å². The number of unbranched alkanes of at least 4 members (excludes halogenated alkanes) is 1. The summed E-state index contributed by atoms with van der Waals surface area (Å²) in [6, 6.07) is 0. The Kier molecular flexibility index (Phi) is 3.59. The normalized spacial score (nSPS) is 24.2. The molecule has 1 aliphatic heterocycles. The largest absolute Gasteiger partial charge is 0.460 e. The van der Waals surface area contributed by atoms with E-state index in [-0.39, 0.29) is 25.0 Å². The Bertz CT molecular complexity index is 179. The third-order valence-corrected chi connectivity index (χ3v) is 2.97. The molecule has 1 aliphatic rings. The first-order valence-corrected chi connectivity index (χ1v) is 5.14. The Hall–Kier alpha value is -0.0851. The fourth-order valence-electron chi connectivity index (χ4n) is 1.32. The molecular weight excluding hydrogens is 182 g/mol. The van der Waals surface area contributed by atoms with Crippen LogP contribution < -0.4 is 0 Å². The average molecular weight is 201 g/mol. The molecule has 2 nitrogen and oxygen atoms in total. The molecule has 0 N–H and O–H groups in total. The molecular formula is C10H19BFO2. The molecule has 4 heteroatoms. The van der Waals surface area contributed by atoms with Crippen molar-refractivity contribution in [2.24, 2.45) is 0 Å². The predicted octanol–water partition coefficient (Wildman–Crippen LogP) is 2.57. The fraction of sp³-hybridized carbons (Fsp3) is 0.900. The summed E-state index contributed by atoms with van der Waals surface area (Å²) in [7, 11) is -0.286. The average Bonchev–Trinajstić information content (AvgIpc) is 2.21. The van der Waals surface area contributed by atoms with Crippen molar-refractivity contribution in [3.63, 3.8) is 0 Å². The van der Waals surface area contributed by atoms with Gasteiger partial charge >= 0.3 is 7.12 Å². The summed E-state index contributed by atoms with van der Waals surface area (Å²) in [6.07, 6.45) is 3.15. The first-order valence-electron chi connectivity index (χ1n) is 5.14. The van der Waals surface area contributed by atoms with Crippen LogP contribution in [-0.4, -0.2) is 25.0 Å². The lowest BCUT2D eigenvalue weighted by Crippen LogP contribution is -2.41. The van der Waals surface area contributed by atoms with Gasteiger partial charge in [-0.15, -0.1) is 0 Å². The van der Waals surface area contributed by atoms with Gasteiger partial charge in [-0.1, -0.05) is 0 Å². The zero-order valence-corrected chi connectivity index (χ0v) is 9.47. The lowest BCUT2D eigenvalue weighted by atomic mass is 9.82. The summed E-state index contributed by atoms with van der Waals surface area (Å²) in [5.41, 5.74) is -0.576. The molecule has 14 heavy (non-hydrogen) atoms. The van der Waals surface area contributed by atoms with Crippen LogP contribution >= 0.6 is 0 Å². The van der Waals surface area contributed by atoms with Crippen molar-refractivity contribution in [1.82, 2.24) is 0 Å². The fourth-order valence-corrected chi connectivity index (χ4v) is 1.32. The van der Waals surface area contributed by atoms with E-state index in [1.165, 1.54) is 0 Å². The van der Waals surface area contributed by atoms with E-state index in [4.69, 9.17) is 9.31 Å². The first kappa shape index (κ1) is 12.0. The highest BCUT2D eigenvalue weighted by Crippen LogP contribution is 2.37. The van der Waals surface area contributed by atoms with Crippen molar-refractivity contribution >= 4 is 7.12 Å². The molecule has 0 amide bonds. The number of rotatable bonds is 4. The molecule has 0 aromatic rings. The predicted molar refractivity (Wildman–Crippen MR) is 55.6 cm³/mol. The van der Waals surface area contributed by atoms with Crippen LogP contribution in [0, 0.1) is 6.32 Å². The quantitative estimate of drug-likeness (QED) is 0.514. The van der Waals surface area contributed by atoms with Crippen LogP contribution in [0.3, 0.4) is 0 Å². The van der Waals surface area contributed by atoms with Crippen molar-refractivity contribution in [2.75, 3.05) is 6.67 Å². The van der Waals surface area contributed by atoms with Crippen molar-refractivity contribution in [1.29, 1.82) is 0 Å². The molecule has 0 aromatic carbocycles. The van der Waals surface area contributed by atoms with Gasteiger partial charge in [0.1, 0.15) is 0 Å². The van der Waals surface area contributed by atoms with E-state index < -0.39 is 0 Å². The molecule has 0 atom stereocenters. The zero-order valence-electron chi connectivity index (χ0n) is 9.47. The topological polar surface area (TPSA) is 18.5 Å². The molecule has 0 spiro atoms. The molecule has 1 heterocycles. The monoisotopic (exact) mass is 201 g/mol. The maximum Gasteiger partial charge on any atom is 0.460 e. The molecule has 81 valence electrons. The van der Waals surface area contributed by atoms with Gasteiger partial charge in [-0.3, -0.25) is 4.39 Å². The Morgan fingerprint density at radius 1 is 1.14 bits per heavy atom. The van der Waals surface area contributed by atoms with E-state index in [0.29, 0.717) is 12.8 Å². The summed E-state index contributed by atoms with van der Waals surface area (Å²) in [6.45, 7) is 7.76. The summed E-state index contributed by atoms with van der Waals surface area (Å²) in [5.74, 6) is 0. The van der Waals surface area contributed by atoms with Crippen LogP contribution in [0.15, 0.2) is 0 Å². The second kappa shape index (κ2) is 4.19. The molecule has 1 rings (SSSR count). The second-order valence-corrected chi connectivity index (χ2v) is 4.69. The van der Waals surface area contributed by atoms with Gasteiger partial charge in [0.25, 0.3) is 0 Å². The third kappa shape index (κ3) is 2.48. The van der Waals surface area contributed by atoms with Gasteiger partial charge in [0.15, 0.2) is 0 Å². The minimum absolute atomic E-state index is 0.282. The number of alkyl halides is 1. The highest BCUT2D eigenvalue weighted by atomic mass is 19.1. The molecule has 0 aliphatic carbocycles. The van der Waals surface area contributed by atoms with Gasteiger partial charge in [0.05, 0.1) is 17.9 Å². The smallest absolute Gasteiger partial charge is 0.403 e. The van der Waals surface area contributed by atoms with Gasteiger partial charge in [0.2, 0.25) is 0 Å². The van der Waals surface area contributed by atoms with Crippen molar-refractivity contribution in [3.8, 4) is 0 Å². The zero-order chi connectivity index (χ0) is 10.8. The highest BCUT2D eigenvalue weighted by Gasteiger charge is 2.50. The third-order valence-electron chi connectivity index (χ3n) is 2.97. The van der Waals surface area contributed by atoms with E-state index >= 15 is 0 Å². The van der Waals surface area contributed by atoms with E-state index in [1.807, 2.05) is 34.0 Å². The number of hydrogen-bond donors (Lipinski definition) is 0. The molecule has 1 radical (unpaired) electrons. The summed E-state index contributed by atoms with van der Waals surface area (Å²) in [5, 5.41) is 0. The molecule has 0 aromatic heterocycles. The molecule has 1 saturated heterocycles. The Morgan fingerprint density at radius 2 is 1.64 bits per heavy atom. The van der Waals surface area contributed by atoms with Crippen LogP contribution in [0.5, 0.6) is 0 Å². The van der Waals surface area contributed by atoms with Crippen molar-refractivity contribution in [2.45, 2.75) is 51.7 Å². The van der Waals surface area contributed by atoms with Crippen LogP contribution in [0.2, 0.25) is 0 Å². The Labute approximate surface area is 86.3 Å². The highest BCUT2D eigenvalue weighted by molar-refractivity contribution is 6.49. The Morgan fingerprint density at radius 3 is 2.07 bits per heavy atom. The van der Waals surface area contributed by atoms with Gasteiger partial charge in [-0.25, -0.2) is 0 Å². The van der Waals surface area contributed by atoms with Crippen LogP contribution in [0.1, 0.15) is 40.5 Å². The van der Waals surface area contributed by atoms with E-state index in [1.54, 1.807) is 0 Å². The minimum atomic E-state index is -0.288. The molecule has 1 fully saturated rings. The van der Waals surface area contributed by atoms with Crippen LogP contribution in [0.25, 0.3) is 0 Å². The minimum Gasteiger partial charge on any atom is -0.403 e. The number of halogens is 1. The van der Waals surface area contributed by atoms with Gasteiger partial charge in [0, 0.05) is 0 Å². The van der Waals surface area contributed by atoms with Crippen LogP contribution in [-0.2, 0) is 9.31 Å².